The highest BCUT2D eigenvalue weighted by Crippen LogP contribution is 2.42. The second-order valence-electron chi connectivity index (χ2n) is 6.51. The molecule has 0 N–H and O–H groups in total. The largest absolute Gasteiger partial charge is 0.463 e. The van der Waals surface area contributed by atoms with Gasteiger partial charge in [-0.05, 0) is 26.0 Å². The number of nitrogens with zero attached hydrogens (tertiary/aromatic N) is 4. The molecule has 0 saturated heterocycles. The first kappa shape index (κ1) is 24.4. The number of carbonyl (C=O) groups excluding carboxylic acids is 2. The smallest absolute Gasteiger partial charge is 0.362 e. The third kappa shape index (κ3) is 4.49. The molecule has 0 saturated carbocycles. The Morgan fingerprint density at radius 1 is 1.18 bits per heavy atom. The van der Waals surface area contributed by atoms with E-state index in [2.05, 4.69) is 21.6 Å². The first-order valence-corrected chi connectivity index (χ1v) is 10.5. The maximum atomic E-state index is 14.9. The number of rotatable bonds is 9. The number of ether oxygens (including phenoxy) is 3. The molecule has 0 amide bonds. The first-order chi connectivity index (χ1) is 15.8. The maximum absolute atomic E-state index is 14.9. The molecule has 0 unspecified atom stereocenters. The van der Waals surface area contributed by atoms with Crippen LogP contribution in [0, 0.1) is 5.82 Å². The van der Waals surface area contributed by atoms with Crippen molar-refractivity contribution in [3.05, 3.63) is 53.2 Å². The van der Waals surface area contributed by atoms with E-state index >= 15 is 0 Å². The molecule has 1 aromatic carbocycles. The van der Waals surface area contributed by atoms with Crippen molar-refractivity contribution >= 4 is 40.9 Å². The van der Waals surface area contributed by atoms with Gasteiger partial charge in [-0.1, -0.05) is 35.3 Å². The van der Waals surface area contributed by atoms with Crippen molar-refractivity contribution in [3.8, 4) is 17.0 Å². The zero-order valence-electron chi connectivity index (χ0n) is 17.7. The summed E-state index contributed by atoms with van der Waals surface area (Å²) in [5.74, 6) is -3.20. The number of carbonyl (C=O) groups is 2. The van der Waals surface area contributed by atoms with Crippen LogP contribution in [-0.4, -0.2) is 50.3 Å². The molecule has 0 bridgehead atoms. The fourth-order valence-corrected chi connectivity index (χ4v) is 3.58. The molecule has 0 aliphatic heterocycles. The van der Waals surface area contributed by atoms with Crippen LogP contribution in [0.4, 0.5) is 4.39 Å². The molecule has 33 heavy (non-hydrogen) atoms. The topological polar surface area (TPSA) is 105 Å². The van der Waals surface area contributed by atoms with Crippen LogP contribution in [0.1, 0.15) is 20.3 Å². The Balaban J connectivity index is 2.37. The number of halogens is 3. The molecule has 3 aromatic rings. The minimum atomic E-state index is -2.34. The standard InChI is InChI=1S/C21H19Cl2FN4O5/c1-4-10-21(18(29)31-5-2,19(30)32-6-3)33-17-15(14-12(22)8-7-9-13(14)24)16(23)27-20-25-11-26-28(17)20/h4,7-9,11H,1,5-6,10H2,2-3H3. The number of fused-ring (bicyclic) bond motifs is 1. The Kier molecular flexibility index (Phi) is 7.50. The number of hydrogen-bond acceptors (Lipinski definition) is 8. The molecule has 0 aliphatic rings. The second kappa shape index (κ2) is 10.1. The Labute approximate surface area is 198 Å². The first-order valence-electron chi connectivity index (χ1n) is 9.78. The Bertz CT molecular complexity index is 1180. The molecular formula is C21H19Cl2FN4O5. The van der Waals surface area contributed by atoms with Crippen molar-refractivity contribution in [2.24, 2.45) is 0 Å². The lowest BCUT2D eigenvalue weighted by molar-refractivity contribution is -0.179. The second-order valence-corrected chi connectivity index (χ2v) is 7.28. The van der Waals surface area contributed by atoms with Gasteiger partial charge in [0.25, 0.3) is 5.78 Å². The fourth-order valence-electron chi connectivity index (χ4n) is 3.07. The molecule has 0 spiro atoms. The predicted octanol–water partition coefficient (Wildman–Crippen LogP) is 4.06. The molecule has 0 aliphatic carbocycles. The summed E-state index contributed by atoms with van der Waals surface area (Å²) in [4.78, 5) is 34.1. The van der Waals surface area contributed by atoms with E-state index in [0.717, 1.165) is 16.9 Å². The normalized spacial score (nSPS) is 11.3. The summed E-state index contributed by atoms with van der Waals surface area (Å²) in [6, 6.07) is 3.98. The average Bonchev–Trinajstić information content (AvgIpc) is 3.23. The van der Waals surface area contributed by atoms with E-state index in [0.29, 0.717) is 0 Å². The Hall–Kier alpha value is -3.24. The summed E-state index contributed by atoms with van der Waals surface area (Å²) in [6.45, 7) is 6.62. The van der Waals surface area contributed by atoms with Gasteiger partial charge in [0.05, 0.1) is 23.8 Å². The van der Waals surface area contributed by atoms with Crippen LogP contribution < -0.4 is 4.74 Å². The van der Waals surface area contributed by atoms with Gasteiger partial charge in [-0.2, -0.15) is 19.6 Å². The molecule has 3 rings (SSSR count). The van der Waals surface area contributed by atoms with Gasteiger partial charge < -0.3 is 14.2 Å². The van der Waals surface area contributed by atoms with Crippen molar-refractivity contribution in [2.45, 2.75) is 25.9 Å². The van der Waals surface area contributed by atoms with Gasteiger partial charge in [-0.3, -0.25) is 0 Å². The minimum absolute atomic E-state index is 0.0235. The van der Waals surface area contributed by atoms with Crippen LogP contribution >= 0.6 is 23.2 Å². The molecule has 9 nitrogen and oxygen atoms in total. The van der Waals surface area contributed by atoms with Gasteiger partial charge in [-0.15, -0.1) is 6.58 Å². The van der Waals surface area contributed by atoms with E-state index in [9.17, 15) is 14.0 Å². The summed E-state index contributed by atoms with van der Waals surface area (Å²) < 4.78 is 32.2. The van der Waals surface area contributed by atoms with E-state index in [1.807, 2.05) is 0 Å². The van der Waals surface area contributed by atoms with E-state index in [4.69, 9.17) is 37.4 Å². The van der Waals surface area contributed by atoms with Gasteiger partial charge >= 0.3 is 17.5 Å². The predicted molar refractivity (Wildman–Crippen MR) is 118 cm³/mol. The van der Waals surface area contributed by atoms with E-state index in [1.165, 1.54) is 18.2 Å². The molecule has 174 valence electrons. The van der Waals surface area contributed by atoms with Gasteiger partial charge in [-0.25, -0.2) is 14.0 Å². The Morgan fingerprint density at radius 3 is 2.42 bits per heavy atom. The molecule has 0 radical (unpaired) electrons. The summed E-state index contributed by atoms with van der Waals surface area (Å²) >= 11 is 12.6. The van der Waals surface area contributed by atoms with Crippen LogP contribution in [0.25, 0.3) is 16.9 Å². The zero-order valence-corrected chi connectivity index (χ0v) is 19.2. The lowest BCUT2D eigenvalue weighted by Crippen LogP contribution is -2.54. The van der Waals surface area contributed by atoms with E-state index in [1.54, 1.807) is 13.8 Å². The highest BCUT2D eigenvalue weighted by atomic mass is 35.5. The lowest BCUT2D eigenvalue weighted by Gasteiger charge is -2.29. The minimum Gasteiger partial charge on any atom is -0.463 e. The number of benzene rings is 1. The van der Waals surface area contributed by atoms with Gasteiger partial charge in [0.2, 0.25) is 5.88 Å². The monoisotopic (exact) mass is 496 g/mol. The third-order valence-electron chi connectivity index (χ3n) is 4.47. The summed E-state index contributed by atoms with van der Waals surface area (Å²) in [5.41, 5.74) is -2.67. The molecule has 2 heterocycles. The van der Waals surface area contributed by atoms with Crippen molar-refractivity contribution in [2.75, 3.05) is 13.2 Å². The highest BCUT2D eigenvalue weighted by molar-refractivity contribution is 6.36. The van der Waals surface area contributed by atoms with Crippen LogP contribution in [0.5, 0.6) is 5.88 Å². The summed E-state index contributed by atoms with van der Waals surface area (Å²) in [6.07, 6.45) is 2.08. The van der Waals surface area contributed by atoms with Gasteiger partial charge in [0.15, 0.2) is 0 Å². The SMILES string of the molecule is C=CCC(Oc1c(-c2c(F)cccc2Cl)c(Cl)nc2ncnn12)(C(=O)OCC)C(=O)OCC. The summed E-state index contributed by atoms with van der Waals surface area (Å²) in [7, 11) is 0. The molecule has 0 atom stereocenters. The van der Waals surface area contributed by atoms with Crippen LogP contribution in [0.15, 0.2) is 37.2 Å². The Morgan fingerprint density at radius 2 is 1.85 bits per heavy atom. The van der Waals surface area contributed by atoms with Crippen LogP contribution in [-0.2, 0) is 19.1 Å². The fraction of sp³-hybridized carbons (Fsp3) is 0.286. The highest BCUT2D eigenvalue weighted by Gasteiger charge is 2.52. The lowest BCUT2D eigenvalue weighted by atomic mass is 9.99. The quantitative estimate of drug-likeness (QED) is 0.189. The van der Waals surface area contributed by atoms with Crippen LogP contribution in [0.2, 0.25) is 10.2 Å². The average molecular weight is 497 g/mol. The number of esters is 2. The number of aromatic nitrogens is 4. The van der Waals surface area contributed by atoms with Crippen molar-refractivity contribution in [3.63, 3.8) is 0 Å². The number of hydrogen-bond donors (Lipinski definition) is 0. The molecule has 2 aromatic heterocycles. The molecule has 12 heteroatoms. The van der Waals surface area contributed by atoms with E-state index in [-0.39, 0.29) is 52.6 Å². The maximum Gasteiger partial charge on any atom is 0.362 e. The molecule has 0 fully saturated rings. The van der Waals surface area contributed by atoms with Crippen LogP contribution in [0.3, 0.4) is 0 Å². The van der Waals surface area contributed by atoms with Gasteiger partial charge in [0, 0.05) is 12.0 Å². The van der Waals surface area contributed by atoms with Crippen molar-refractivity contribution in [1.82, 2.24) is 19.6 Å². The third-order valence-corrected chi connectivity index (χ3v) is 5.05. The molecular weight excluding hydrogens is 478 g/mol. The summed E-state index contributed by atoms with van der Waals surface area (Å²) in [5, 5.41) is 3.75. The van der Waals surface area contributed by atoms with Gasteiger partial charge in [0.1, 0.15) is 17.3 Å². The zero-order chi connectivity index (χ0) is 24.2. The van der Waals surface area contributed by atoms with E-state index < -0.39 is 23.4 Å². The van der Waals surface area contributed by atoms with Crippen molar-refractivity contribution in [1.29, 1.82) is 0 Å². The van der Waals surface area contributed by atoms with Crippen molar-refractivity contribution < 1.29 is 28.2 Å².